The summed E-state index contributed by atoms with van der Waals surface area (Å²) in [5.74, 6) is -4.23. The Bertz CT molecular complexity index is 1240. The second kappa shape index (κ2) is 8.66. The largest absolute Gasteiger partial charge is 0.497 e. The number of carbonyl (C=O) groups is 4. The molecule has 0 aromatic heterocycles. The molecule has 33 heavy (non-hydrogen) atoms. The van der Waals surface area contributed by atoms with Gasteiger partial charge in [-0.1, -0.05) is 12.1 Å². The fraction of sp³-hybridized carbons (Fsp3) is 0.120. The monoisotopic (exact) mass is 446 g/mol. The third kappa shape index (κ3) is 3.98. The van der Waals surface area contributed by atoms with Crippen LogP contribution in [0.5, 0.6) is 5.75 Å². The second-order valence-electron chi connectivity index (χ2n) is 7.52. The van der Waals surface area contributed by atoms with Crippen molar-refractivity contribution >= 4 is 29.1 Å². The highest BCUT2D eigenvalue weighted by Crippen LogP contribution is 2.41. The lowest BCUT2D eigenvalue weighted by Crippen LogP contribution is -2.30. The summed E-state index contributed by atoms with van der Waals surface area (Å²) in [5, 5.41) is 0. The highest BCUT2D eigenvalue weighted by Gasteiger charge is 2.52. The number of ketones is 2. The van der Waals surface area contributed by atoms with E-state index in [0.29, 0.717) is 17.0 Å². The Morgan fingerprint density at radius 3 is 2.00 bits per heavy atom. The van der Waals surface area contributed by atoms with Crippen molar-refractivity contribution in [3.05, 3.63) is 95.3 Å². The molecule has 2 amide bonds. The van der Waals surface area contributed by atoms with Crippen LogP contribution in [0.3, 0.4) is 0 Å². The number of amides is 2. The summed E-state index contributed by atoms with van der Waals surface area (Å²) in [5.41, 5.74) is 6.46. The van der Waals surface area contributed by atoms with Crippen LogP contribution in [0.2, 0.25) is 0 Å². The Morgan fingerprint density at radius 1 is 0.879 bits per heavy atom. The average Bonchev–Trinajstić information content (AvgIpc) is 3.09. The highest BCUT2D eigenvalue weighted by molar-refractivity contribution is 6.49. The number of rotatable bonds is 6. The maximum Gasteiger partial charge on any atom is 0.295 e. The summed E-state index contributed by atoms with van der Waals surface area (Å²) in [6.45, 7) is 0. The maximum absolute atomic E-state index is 13.6. The van der Waals surface area contributed by atoms with Gasteiger partial charge in [0, 0.05) is 16.8 Å². The molecule has 2 atom stereocenters. The van der Waals surface area contributed by atoms with Gasteiger partial charge in [-0.25, -0.2) is 4.39 Å². The van der Waals surface area contributed by atoms with Crippen molar-refractivity contribution in [2.45, 2.75) is 6.04 Å². The van der Waals surface area contributed by atoms with Gasteiger partial charge in [0.05, 0.1) is 13.2 Å². The van der Waals surface area contributed by atoms with Crippen molar-refractivity contribution in [3.8, 4) is 5.75 Å². The molecule has 1 fully saturated rings. The molecule has 1 saturated heterocycles. The van der Waals surface area contributed by atoms with Crippen LogP contribution in [-0.4, -0.2) is 30.5 Å². The molecule has 0 saturated carbocycles. The Morgan fingerprint density at radius 2 is 1.45 bits per heavy atom. The van der Waals surface area contributed by atoms with Crippen LogP contribution in [0, 0.1) is 11.7 Å². The van der Waals surface area contributed by atoms with Crippen LogP contribution in [0.25, 0.3) is 0 Å². The van der Waals surface area contributed by atoms with Gasteiger partial charge >= 0.3 is 0 Å². The van der Waals surface area contributed by atoms with Crippen LogP contribution >= 0.6 is 0 Å². The molecule has 0 aliphatic carbocycles. The van der Waals surface area contributed by atoms with Gasteiger partial charge in [0.2, 0.25) is 11.7 Å². The van der Waals surface area contributed by atoms with Crippen molar-refractivity contribution in [3.63, 3.8) is 0 Å². The molecule has 2 N–H and O–H groups in total. The van der Waals surface area contributed by atoms with E-state index in [2.05, 4.69) is 0 Å². The van der Waals surface area contributed by atoms with Crippen LogP contribution < -0.4 is 15.4 Å². The molecule has 1 aliphatic heterocycles. The minimum absolute atomic E-state index is 0.223. The summed E-state index contributed by atoms with van der Waals surface area (Å²) in [7, 11) is 1.49. The first-order valence-corrected chi connectivity index (χ1v) is 10.0. The van der Waals surface area contributed by atoms with Crippen LogP contribution in [0.1, 0.15) is 32.3 Å². The van der Waals surface area contributed by atoms with Gasteiger partial charge in [-0.05, 0) is 66.2 Å². The minimum atomic E-state index is -1.34. The molecule has 0 spiro atoms. The predicted octanol–water partition coefficient (Wildman–Crippen LogP) is 3.09. The number of benzene rings is 3. The van der Waals surface area contributed by atoms with Crippen molar-refractivity contribution < 1.29 is 28.3 Å². The Labute approximate surface area is 188 Å². The number of hydrogen-bond donors (Lipinski definition) is 1. The van der Waals surface area contributed by atoms with Crippen molar-refractivity contribution in [2.75, 3.05) is 12.0 Å². The quantitative estimate of drug-likeness (QED) is 0.356. The van der Waals surface area contributed by atoms with Gasteiger partial charge in [-0.2, -0.15) is 0 Å². The van der Waals surface area contributed by atoms with Crippen LogP contribution in [-0.2, 0) is 9.59 Å². The fourth-order valence-electron chi connectivity index (χ4n) is 3.93. The number of ether oxygens (including phenoxy) is 1. The molecule has 0 radical (unpaired) electrons. The van der Waals surface area contributed by atoms with Gasteiger partial charge in [0.15, 0.2) is 5.78 Å². The van der Waals surface area contributed by atoms with E-state index in [1.807, 2.05) is 0 Å². The van der Waals surface area contributed by atoms with Gasteiger partial charge in [-0.15, -0.1) is 0 Å². The number of nitrogens with zero attached hydrogens (tertiary/aromatic N) is 1. The van der Waals surface area contributed by atoms with E-state index < -0.39 is 41.2 Å². The highest BCUT2D eigenvalue weighted by atomic mass is 19.1. The Kier molecular flexibility index (Phi) is 5.74. The number of Topliss-reactive ketones (excluding diaryl/α,β-unsaturated/α-hetero) is 2. The number of carbonyl (C=O) groups excluding carboxylic acids is 4. The lowest BCUT2D eigenvalue weighted by atomic mass is 9.86. The van der Waals surface area contributed by atoms with E-state index in [1.54, 1.807) is 12.1 Å². The third-order valence-electron chi connectivity index (χ3n) is 5.60. The zero-order chi connectivity index (χ0) is 23.7. The van der Waals surface area contributed by atoms with Gasteiger partial charge in [0.25, 0.3) is 5.91 Å². The minimum Gasteiger partial charge on any atom is -0.497 e. The molecule has 4 rings (SSSR count). The molecule has 3 aromatic rings. The molecule has 1 heterocycles. The summed E-state index contributed by atoms with van der Waals surface area (Å²) >= 11 is 0. The van der Waals surface area contributed by atoms with E-state index in [4.69, 9.17) is 10.5 Å². The third-order valence-corrected chi connectivity index (χ3v) is 5.60. The second-order valence-corrected chi connectivity index (χ2v) is 7.52. The van der Waals surface area contributed by atoms with Crippen molar-refractivity contribution in [1.82, 2.24) is 0 Å². The standard InChI is InChI=1S/C25H19FN2O5/c1-33-19-12-6-15(7-13-19)22(29)20-21(14-2-8-17(26)9-3-14)28(25(32)23(20)30)18-10-4-16(5-11-18)24(27)31/h2-13,20-21H,1H3,(H2,27,31). The van der Waals surface area contributed by atoms with E-state index in [9.17, 15) is 23.6 Å². The predicted molar refractivity (Wildman–Crippen MR) is 117 cm³/mol. The average molecular weight is 446 g/mol. The topological polar surface area (TPSA) is 107 Å². The molecule has 166 valence electrons. The number of anilines is 1. The first kappa shape index (κ1) is 21.9. The van der Waals surface area contributed by atoms with Crippen LogP contribution in [0.4, 0.5) is 10.1 Å². The van der Waals surface area contributed by atoms with Crippen molar-refractivity contribution in [1.29, 1.82) is 0 Å². The van der Waals surface area contributed by atoms with Gasteiger partial charge in [0.1, 0.15) is 17.5 Å². The summed E-state index contributed by atoms with van der Waals surface area (Å²) in [4.78, 5) is 52.1. The fourth-order valence-corrected chi connectivity index (χ4v) is 3.93. The number of primary amides is 1. The Balaban J connectivity index is 1.81. The number of nitrogens with two attached hydrogens (primary N) is 1. The maximum atomic E-state index is 13.6. The van der Waals surface area contributed by atoms with Gasteiger partial charge < -0.3 is 10.5 Å². The summed E-state index contributed by atoms with van der Waals surface area (Å²) in [6.07, 6.45) is 0. The first-order chi connectivity index (χ1) is 15.8. The zero-order valence-corrected chi connectivity index (χ0v) is 17.5. The first-order valence-electron chi connectivity index (χ1n) is 10.0. The smallest absolute Gasteiger partial charge is 0.295 e. The van der Waals surface area contributed by atoms with E-state index in [-0.39, 0.29) is 11.1 Å². The molecule has 8 heteroatoms. The molecule has 0 bridgehead atoms. The van der Waals surface area contributed by atoms with Crippen molar-refractivity contribution in [2.24, 2.45) is 11.7 Å². The molecular weight excluding hydrogens is 427 g/mol. The molecule has 3 aromatic carbocycles. The normalized spacial score (nSPS) is 17.8. The molecular formula is C25H19FN2O5. The Hall–Kier alpha value is -4.33. The molecule has 2 unspecified atom stereocenters. The molecule has 7 nitrogen and oxygen atoms in total. The van der Waals surface area contributed by atoms with Crippen LogP contribution in [0.15, 0.2) is 72.8 Å². The number of hydrogen-bond acceptors (Lipinski definition) is 5. The van der Waals surface area contributed by atoms with E-state index >= 15 is 0 Å². The zero-order valence-electron chi connectivity index (χ0n) is 17.5. The lowest BCUT2D eigenvalue weighted by molar-refractivity contribution is -0.135. The molecule has 1 aliphatic rings. The summed E-state index contributed by atoms with van der Waals surface area (Å²) in [6, 6.07) is 16.3. The number of methoxy groups -OCH3 is 1. The summed E-state index contributed by atoms with van der Waals surface area (Å²) < 4.78 is 18.7. The lowest BCUT2D eigenvalue weighted by Gasteiger charge is -2.27. The SMILES string of the molecule is COc1ccc(C(=O)C2C(=O)C(=O)N(c3ccc(C(N)=O)cc3)C2c2ccc(F)cc2)cc1. The van der Waals surface area contributed by atoms with E-state index in [0.717, 1.165) is 0 Å². The van der Waals surface area contributed by atoms with E-state index in [1.165, 1.54) is 72.7 Å². The number of halogens is 1. The van der Waals surface area contributed by atoms with Gasteiger partial charge in [-0.3, -0.25) is 24.1 Å².